The van der Waals surface area contributed by atoms with Gasteiger partial charge in [0.05, 0.1) is 11.6 Å². The fourth-order valence-corrected chi connectivity index (χ4v) is 4.17. The normalized spacial score (nSPS) is 19.2. The van der Waals surface area contributed by atoms with Crippen molar-refractivity contribution in [1.82, 2.24) is 5.32 Å². The second-order valence-electron chi connectivity index (χ2n) is 5.08. The molecule has 0 radical (unpaired) electrons. The minimum Gasteiger partial charge on any atom is -0.493 e. The fourth-order valence-electron chi connectivity index (χ4n) is 2.86. The molecule has 0 spiro atoms. The van der Waals surface area contributed by atoms with E-state index in [1.165, 1.54) is 10.4 Å². The molecule has 0 bridgehead atoms. The van der Waals surface area contributed by atoms with E-state index in [1.807, 2.05) is 19.2 Å². The number of halogens is 1. The third-order valence-electron chi connectivity index (χ3n) is 3.91. The lowest BCUT2D eigenvalue weighted by molar-refractivity contribution is 0.256. The zero-order valence-electron chi connectivity index (χ0n) is 11.4. The quantitative estimate of drug-likeness (QED) is 0.890. The molecule has 1 aliphatic rings. The Labute approximate surface area is 128 Å². The fraction of sp³-hybridized carbons (Fsp3) is 0.375. The Morgan fingerprint density at radius 1 is 1.40 bits per heavy atom. The Bertz CT molecular complexity index is 583. The first-order chi connectivity index (χ1) is 9.79. The van der Waals surface area contributed by atoms with Gasteiger partial charge in [0.15, 0.2) is 0 Å². The zero-order chi connectivity index (χ0) is 13.9. The maximum Gasteiger partial charge on any atom is 0.122 e. The molecule has 3 rings (SSSR count). The largest absolute Gasteiger partial charge is 0.493 e. The van der Waals surface area contributed by atoms with Crippen LogP contribution in [0.1, 0.15) is 35.2 Å². The summed E-state index contributed by atoms with van der Waals surface area (Å²) in [4.78, 5) is 1.23. The van der Waals surface area contributed by atoms with Crippen LogP contribution in [0, 0.1) is 0 Å². The Hall–Kier alpha value is -1.03. The van der Waals surface area contributed by atoms with Crippen molar-refractivity contribution in [1.29, 1.82) is 0 Å². The summed E-state index contributed by atoms with van der Waals surface area (Å²) in [5.41, 5.74) is 1.33. The SMILES string of the molecule is CNC(CC1CCOc2ccccc21)c1sccc1Cl. The third kappa shape index (κ3) is 2.71. The summed E-state index contributed by atoms with van der Waals surface area (Å²) in [5, 5.41) is 6.33. The Morgan fingerprint density at radius 3 is 3.00 bits per heavy atom. The predicted octanol–water partition coefficient (Wildman–Crippen LogP) is 4.62. The van der Waals surface area contributed by atoms with Crippen molar-refractivity contribution in [2.24, 2.45) is 0 Å². The second kappa shape index (κ2) is 6.17. The molecule has 0 fully saturated rings. The molecule has 2 heterocycles. The molecule has 0 amide bonds. The van der Waals surface area contributed by atoms with E-state index in [2.05, 4.69) is 28.9 Å². The van der Waals surface area contributed by atoms with Gasteiger partial charge in [0.1, 0.15) is 5.75 Å². The Kier molecular flexibility index (Phi) is 4.29. The topological polar surface area (TPSA) is 21.3 Å². The molecule has 0 saturated heterocycles. The van der Waals surface area contributed by atoms with E-state index in [4.69, 9.17) is 16.3 Å². The minimum absolute atomic E-state index is 0.304. The molecular formula is C16H18ClNOS. The highest BCUT2D eigenvalue weighted by atomic mass is 35.5. The van der Waals surface area contributed by atoms with Crippen LogP contribution in [0.5, 0.6) is 5.75 Å². The first kappa shape index (κ1) is 13.9. The summed E-state index contributed by atoms with van der Waals surface area (Å²) >= 11 is 8.00. The van der Waals surface area contributed by atoms with E-state index in [-0.39, 0.29) is 0 Å². The lowest BCUT2D eigenvalue weighted by Gasteiger charge is -2.28. The van der Waals surface area contributed by atoms with Crippen molar-refractivity contribution in [3.05, 3.63) is 51.2 Å². The van der Waals surface area contributed by atoms with E-state index in [1.54, 1.807) is 11.3 Å². The number of thiophene rings is 1. The van der Waals surface area contributed by atoms with Crippen molar-refractivity contribution < 1.29 is 4.74 Å². The smallest absolute Gasteiger partial charge is 0.122 e. The van der Waals surface area contributed by atoms with E-state index in [0.29, 0.717) is 12.0 Å². The maximum atomic E-state index is 6.28. The number of hydrogen-bond donors (Lipinski definition) is 1. The molecule has 2 unspecified atom stereocenters. The molecule has 20 heavy (non-hydrogen) atoms. The Balaban J connectivity index is 1.82. The van der Waals surface area contributed by atoms with Crippen molar-refractivity contribution in [2.45, 2.75) is 24.8 Å². The summed E-state index contributed by atoms with van der Waals surface area (Å²) < 4.78 is 5.74. The first-order valence-corrected chi connectivity index (χ1v) is 8.17. The zero-order valence-corrected chi connectivity index (χ0v) is 13.0. The molecule has 2 atom stereocenters. The van der Waals surface area contributed by atoms with Gasteiger partial charge in [-0.25, -0.2) is 0 Å². The van der Waals surface area contributed by atoms with Crippen LogP contribution < -0.4 is 10.1 Å². The molecule has 0 aliphatic carbocycles. The summed E-state index contributed by atoms with van der Waals surface area (Å²) in [5.74, 6) is 1.56. The van der Waals surface area contributed by atoms with Gasteiger partial charge in [-0.1, -0.05) is 29.8 Å². The van der Waals surface area contributed by atoms with Crippen LogP contribution in [0.3, 0.4) is 0 Å². The van der Waals surface area contributed by atoms with Gasteiger partial charge in [0.25, 0.3) is 0 Å². The molecule has 0 saturated carbocycles. The molecule has 1 aromatic carbocycles. The summed E-state index contributed by atoms with van der Waals surface area (Å²) in [6, 6.07) is 10.7. The lowest BCUT2D eigenvalue weighted by atomic mass is 9.87. The number of hydrogen-bond acceptors (Lipinski definition) is 3. The van der Waals surface area contributed by atoms with E-state index < -0.39 is 0 Å². The minimum atomic E-state index is 0.304. The molecule has 4 heteroatoms. The van der Waals surface area contributed by atoms with Crippen LogP contribution in [0.25, 0.3) is 0 Å². The van der Waals surface area contributed by atoms with Gasteiger partial charge in [-0.2, -0.15) is 0 Å². The number of benzene rings is 1. The number of fused-ring (bicyclic) bond motifs is 1. The van der Waals surface area contributed by atoms with Gasteiger partial charge >= 0.3 is 0 Å². The number of ether oxygens (including phenoxy) is 1. The van der Waals surface area contributed by atoms with Gasteiger partial charge in [-0.15, -0.1) is 11.3 Å². The highest BCUT2D eigenvalue weighted by Crippen LogP contribution is 2.40. The van der Waals surface area contributed by atoms with Crippen molar-refractivity contribution >= 4 is 22.9 Å². The number of para-hydroxylation sites is 1. The van der Waals surface area contributed by atoms with Crippen molar-refractivity contribution in [3.63, 3.8) is 0 Å². The molecule has 2 aromatic rings. The Morgan fingerprint density at radius 2 is 2.25 bits per heavy atom. The highest BCUT2D eigenvalue weighted by Gasteiger charge is 2.25. The van der Waals surface area contributed by atoms with E-state index >= 15 is 0 Å². The van der Waals surface area contributed by atoms with E-state index in [0.717, 1.165) is 30.2 Å². The first-order valence-electron chi connectivity index (χ1n) is 6.91. The van der Waals surface area contributed by atoms with Crippen LogP contribution in [-0.2, 0) is 0 Å². The predicted molar refractivity (Wildman–Crippen MR) is 85.0 cm³/mol. The van der Waals surface area contributed by atoms with Gasteiger partial charge < -0.3 is 10.1 Å². The highest BCUT2D eigenvalue weighted by molar-refractivity contribution is 7.10. The monoisotopic (exact) mass is 307 g/mol. The van der Waals surface area contributed by atoms with Crippen molar-refractivity contribution in [3.8, 4) is 5.75 Å². The number of nitrogens with one attached hydrogen (secondary N) is 1. The summed E-state index contributed by atoms with van der Waals surface area (Å²) in [6.45, 7) is 0.802. The van der Waals surface area contributed by atoms with Crippen molar-refractivity contribution in [2.75, 3.05) is 13.7 Å². The van der Waals surface area contributed by atoms with Crippen LogP contribution in [0.4, 0.5) is 0 Å². The van der Waals surface area contributed by atoms with Gasteiger partial charge in [-0.3, -0.25) is 0 Å². The van der Waals surface area contributed by atoms with Gasteiger partial charge in [-0.05, 0) is 48.9 Å². The average Bonchev–Trinajstić information content (AvgIpc) is 2.91. The summed E-state index contributed by atoms with van der Waals surface area (Å²) in [6.07, 6.45) is 2.12. The third-order valence-corrected chi connectivity index (χ3v) is 5.38. The maximum absolute atomic E-state index is 6.28. The molecule has 1 aliphatic heterocycles. The second-order valence-corrected chi connectivity index (χ2v) is 6.44. The standard InChI is InChI=1S/C16H18ClNOS/c1-18-14(16-13(17)7-9-20-16)10-11-6-8-19-15-5-3-2-4-12(11)15/h2-5,7,9,11,14,18H,6,8,10H2,1H3. The van der Waals surface area contributed by atoms with E-state index in [9.17, 15) is 0 Å². The summed E-state index contributed by atoms with van der Waals surface area (Å²) in [7, 11) is 2.01. The molecular weight excluding hydrogens is 290 g/mol. The average molecular weight is 308 g/mol. The lowest BCUT2D eigenvalue weighted by Crippen LogP contribution is -2.22. The van der Waals surface area contributed by atoms with Crippen LogP contribution in [0.2, 0.25) is 5.02 Å². The van der Waals surface area contributed by atoms with Gasteiger partial charge in [0, 0.05) is 10.9 Å². The molecule has 2 nitrogen and oxygen atoms in total. The van der Waals surface area contributed by atoms with Gasteiger partial charge in [0.2, 0.25) is 0 Å². The molecule has 106 valence electrons. The molecule has 1 N–H and O–H groups in total. The van der Waals surface area contributed by atoms with Crippen LogP contribution in [-0.4, -0.2) is 13.7 Å². The number of rotatable bonds is 4. The molecule has 1 aromatic heterocycles. The van der Waals surface area contributed by atoms with Crippen LogP contribution in [0.15, 0.2) is 35.7 Å². The van der Waals surface area contributed by atoms with Crippen LogP contribution >= 0.6 is 22.9 Å².